The molecule has 0 aromatic carbocycles. The summed E-state index contributed by atoms with van der Waals surface area (Å²) in [6, 6.07) is 4.31. The summed E-state index contributed by atoms with van der Waals surface area (Å²) in [5.74, 6) is -0.428. The van der Waals surface area contributed by atoms with E-state index in [-0.39, 0.29) is 5.15 Å². The highest BCUT2D eigenvalue weighted by atomic mass is 35.5. The molecule has 4 nitrogen and oxygen atoms in total. The molecule has 0 amide bonds. The first-order chi connectivity index (χ1) is 9.87. The normalized spacial score (nSPS) is 11.9. The summed E-state index contributed by atoms with van der Waals surface area (Å²) in [5, 5.41) is 4.42. The van der Waals surface area contributed by atoms with Gasteiger partial charge in [0.2, 0.25) is 0 Å². The van der Waals surface area contributed by atoms with Gasteiger partial charge in [-0.25, -0.2) is 14.1 Å². The van der Waals surface area contributed by atoms with E-state index in [1.54, 1.807) is 16.9 Å². The lowest BCUT2D eigenvalue weighted by Crippen LogP contribution is -2.22. The molecule has 0 radical (unpaired) electrons. The number of ether oxygens (including phenoxy) is 1. The Hall–Kier alpha value is -1.24. The minimum atomic E-state index is -1.11. The third-order valence-electron chi connectivity index (χ3n) is 3.02. The van der Waals surface area contributed by atoms with Crippen molar-refractivity contribution in [1.29, 1.82) is 0 Å². The molecule has 0 N–H and O–H groups in total. The van der Waals surface area contributed by atoms with Crippen molar-refractivity contribution in [3.8, 4) is 11.3 Å². The first-order valence-electron chi connectivity index (χ1n) is 6.78. The average Bonchev–Trinajstić information content (AvgIpc) is 2.85. The van der Waals surface area contributed by atoms with E-state index in [1.807, 2.05) is 0 Å². The van der Waals surface area contributed by atoms with Gasteiger partial charge in [0.05, 0.1) is 11.9 Å². The lowest BCUT2D eigenvalue weighted by molar-refractivity contribution is 0.0797. The van der Waals surface area contributed by atoms with Crippen LogP contribution in [0.4, 0.5) is 4.39 Å². The molecule has 0 aliphatic heterocycles. The number of halogens is 2. The molecule has 0 saturated carbocycles. The largest absolute Gasteiger partial charge is 0.360 e. The fourth-order valence-electron chi connectivity index (χ4n) is 1.80. The Balaban J connectivity index is 2.07. The van der Waals surface area contributed by atoms with Gasteiger partial charge < -0.3 is 4.74 Å². The molecule has 0 unspecified atom stereocenters. The summed E-state index contributed by atoms with van der Waals surface area (Å²) in [6.07, 6.45) is 2.73. The summed E-state index contributed by atoms with van der Waals surface area (Å²) in [6.45, 7) is 7.87. The van der Waals surface area contributed by atoms with Crippen LogP contribution >= 0.6 is 11.6 Å². The summed E-state index contributed by atoms with van der Waals surface area (Å²) >= 11 is 5.83. The van der Waals surface area contributed by atoms with Crippen LogP contribution in [-0.4, -0.2) is 29.4 Å². The maximum absolute atomic E-state index is 13.9. The van der Waals surface area contributed by atoms with Crippen LogP contribution in [0.3, 0.4) is 0 Å². The first-order valence-corrected chi connectivity index (χ1v) is 10.9. The van der Waals surface area contributed by atoms with E-state index in [0.29, 0.717) is 24.6 Å². The van der Waals surface area contributed by atoms with Crippen molar-refractivity contribution in [2.24, 2.45) is 0 Å². The number of hydrogen-bond donors (Lipinski definition) is 0. The molecule has 0 saturated heterocycles. The number of aromatic nitrogens is 3. The molecule has 2 rings (SSSR count). The second kappa shape index (κ2) is 6.68. The minimum Gasteiger partial charge on any atom is -0.360 e. The molecular weight excluding hydrogens is 309 g/mol. The molecule has 114 valence electrons. The van der Waals surface area contributed by atoms with Crippen LogP contribution in [0, 0.1) is 5.82 Å². The van der Waals surface area contributed by atoms with Crippen molar-refractivity contribution in [3.05, 3.63) is 35.5 Å². The van der Waals surface area contributed by atoms with Crippen molar-refractivity contribution in [2.75, 3.05) is 6.61 Å². The number of hydrogen-bond acceptors (Lipinski definition) is 3. The van der Waals surface area contributed by atoms with Crippen LogP contribution in [0.25, 0.3) is 11.3 Å². The zero-order chi connectivity index (χ0) is 15.5. The molecule has 2 aromatic rings. The quantitative estimate of drug-likeness (QED) is 0.456. The van der Waals surface area contributed by atoms with E-state index in [0.717, 1.165) is 12.2 Å². The van der Waals surface area contributed by atoms with Crippen molar-refractivity contribution < 1.29 is 9.13 Å². The number of rotatable bonds is 6. The topological polar surface area (TPSA) is 39.9 Å². The van der Waals surface area contributed by atoms with Crippen LogP contribution in [-0.2, 0) is 11.5 Å². The van der Waals surface area contributed by atoms with E-state index in [2.05, 4.69) is 29.7 Å². The fourth-order valence-corrected chi connectivity index (χ4v) is 2.72. The fraction of sp³-hybridized carbons (Fsp3) is 0.429. The molecule has 2 aromatic heterocycles. The predicted octanol–water partition coefficient (Wildman–Crippen LogP) is 4.05. The van der Waals surface area contributed by atoms with Crippen molar-refractivity contribution in [3.63, 3.8) is 0 Å². The van der Waals surface area contributed by atoms with Gasteiger partial charge in [-0.3, -0.25) is 0 Å². The molecule has 0 spiro atoms. The molecule has 21 heavy (non-hydrogen) atoms. The number of pyridine rings is 1. The van der Waals surface area contributed by atoms with Gasteiger partial charge in [-0.1, -0.05) is 31.2 Å². The van der Waals surface area contributed by atoms with Crippen molar-refractivity contribution >= 4 is 19.7 Å². The molecule has 7 heteroatoms. The minimum absolute atomic E-state index is 0.249. The molecule has 0 fully saturated rings. The highest BCUT2D eigenvalue weighted by Crippen LogP contribution is 2.24. The van der Waals surface area contributed by atoms with Gasteiger partial charge in [0.25, 0.3) is 0 Å². The standard InChI is InChI=1S/C14H19ClFN3OSi/c1-21(2,3)7-6-20-10-19-13(4-5-18-19)11-8-14(15)17-9-12(11)16/h4-5,8-9H,6-7,10H2,1-3H3. The second-order valence-corrected chi connectivity index (χ2v) is 12.1. The summed E-state index contributed by atoms with van der Waals surface area (Å²) < 4.78 is 21.1. The van der Waals surface area contributed by atoms with Gasteiger partial charge in [0.1, 0.15) is 11.9 Å². The highest BCUT2D eigenvalue weighted by Gasteiger charge is 2.14. The Morgan fingerprint density at radius 3 is 2.86 bits per heavy atom. The monoisotopic (exact) mass is 327 g/mol. The van der Waals surface area contributed by atoms with Gasteiger partial charge in [0, 0.05) is 26.4 Å². The Kier molecular flexibility index (Phi) is 5.13. The van der Waals surface area contributed by atoms with Crippen LogP contribution in [0.1, 0.15) is 0 Å². The highest BCUT2D eigenvalue weighted by molar-refractivity contribution is 6.76. The first kappa shape index (κ1) is 16.1. The summed E-state index contributed by atoms with van der Waals surface area (Å²) in [4.78, 5) is 3.72. The van der Waals surface area contributed by atoms with Gasteiger partial charge in [-0.2, -0.15) is 5.10 Å². The van der Waals surface area contributed by atoms with Crippen LogP contribution in [0.5, 0.6) is 0 Å². The zero-order valence-corrected chi connectivity index (χ0v) is 14.2. The Bertz CT molecular complexity index is 613. The maximum Gasteiger partial charge on any atom is 0.150 e. The Morgan fingerprint density at radius 1 is 1.38 bits per heavy atom. The smallest absolute Gasteiger partial charge is 0.150 e. The van der Waals surface area contributed by atoms with Gasteiger partial charge in [0.15, 0.2) is 5.82 Å². The Morgan fingerprint density at radius 2 is 2.14 bits per heavy atom. The van der Waals surface area contributed by atoms with Crippen LogP contribution in [0.15, 0.2) is 24.5 Å². The van der Waals surface area contributed by atoms with Gasteiger partial charge in [-0.15, -0.1) is 0 Å². The van der Waals surface area contributed by atoms with Crippen molar-refractivity contribution in [2.45, 2.75) is 32.4 Å². The lowest BCUT2D eigenvalue weighted by Gasteiger charge is -2.16. The predicted molar refractivity (Wildman–Crippen MR) is 84.5 cm³/mol. The van der Waals surface area contributed by atoms with Crippen molar-refractivity contribution in [1.82, 2.24) is 14.8 Å². The molecular formula is C14H19ClFN3OSi. The van der Waals surface area contributed by atoms with E-state index in [4.69, 9.17) is 16.3 Å². The van der Waals surface area contributed by atoms with E-state index >= 15 is 0 Å². The second-order valence-electron chi connectivity index (χ2n) is 6.05. The van der Waals surface area contributed by atoms with Gasteiger partial charge in [-0.05, 0) is 18.2 Å². The van der Waals surface area contributed by atoms with Crippen LogP contribution in [0.2, 0.25) is 30.8 Å². The number of nitrogens with zero attached hydrogens (tertiary/aromatic N) is 3. The third-order valence-corrected chi connectivity index (χ3v) is 4.94. The van der Waals surface area contributed by atoms with Gasteiger partial charge >= 0.3 is 0 Å². The molecule has 2 heterocycles. The SMILES string of the molecule is C[Si](C)(C)CCOCn1nccc1-c1cc(Cl)ncc1F. The molecule has 0 aliphatic rings. The summed E-state index contributed by atoms with van der Waals surface area (Å²) in [5.41, 5.74) is 1.01. The average molecular weight is 328 g/mol. The summed E-state index contributed by atoms with van der Waals surface area (Å²) in [7, 11) is -1.11. The molecule has 0 aliphatic carbocycles. The van der Waals surface area contributed by atoms with Crippen LogP contribution < -0.4 is 0 Å². The van der Waals surface area contributed by atoms with E-state index in [1.165, 1.54) is 6.07 Å². The zero-order valence-electron chi connectivity index (χ0n) is 12.4. The lowest BCUT2D eigenvalue weighted by atomic mass is 10.2. The molecule has 0 atom stereocenters. The Labute approximate surface area is 129 Å². The molecule has 0 bridgehead atoms. The maximum atomic E-state index is 13.9. The van der Waals surface area contributed by atoms with E-state index < -0.39 is 13.9 Å². The third kappa shape index (κ3) is 4.62. The van der Waals surface area contributed by atoms with E-state index in [9.17, 15) is 4.39 Å².